The van der Waals surface area contributed by atoms with Crippen molar-refractivity contribution in [2.45, 2.75) is 54.6 Å². The second kappa shape index (κ2) is 11.7. The minimum Gasteiger partial charge on any atom is -0.457 e. The highest BCUT2D eigenvalue weighted by Crippen LogP contribution is 2.51. The zero-order valence-corrected chi connectivity index (χ0v) is 24.6. The first-order valence-electron chi connectivity index (χ1n) is 14.1. The van der Waals surface area contributed by atoms with E-state index in [9.17, 15) is 14.4 Å². The van der Waals surface area contributed by atoms with Crippen LogP contribution in [0.4, 0.5) is 16.2 Å². The van der Waals surface area contributed by atoms with Crippen molar-refractivity contribution < 1.29 is 19.1 Å². The zero-order chi connectivity index (χ0) is 29.4. The number of carbonyl (C=O) groups is 3. The van der Waals surface area contributed by atoms with E-state index in [0.717, 1.165) is 46.1 Å². The largest absolute Gasteiger partial charge is 0.457 e. The van der Waals surface area contributed by atoms with E-state index in [2.05, 4.69) is 20.9 Å². The van der Waals surface area contributed by atoms with Gasteiger partial charge in [0.15, 0.2) is 0 Å². The Morgan fingerprint density at radius 1 is 1.05 bits per heavy atom. The number of ether oxygens (including phenoxy) is 1. The van der Waals surface area contributed by atoms with Crippen LogP contribution in [0.1, 0.15) is 36.4 Å². The summed E-state index contributed by atoms with van der Waals surface area (Å²) in [4.78, 5) is 47.3. The number of aromatic nitrogens is 1. The predicted octanol–water partition coefficient (Wildman–Crippen LogP) is 4.27. The molecule has 0 saturated heterocycles. The van der Waals surface area contributed by atoms with E-state index in [1.807, 2.05) is 80.5 Å². The predicted molar refractivity (Wildman–Crippen MR) is 161 cm³/mol. The molecule has 3 aromatic rings. The van der Waals surface area contributed by atoms with Gasteiger partial charge in [0.05, 0.1) is 24.0 Å². The minimum atomic E-state index is -0.537. The number of aryl methyl sites for hydroxylation is 1. The lowest BCUT2D eigenvalue weighted by atomic mass is 9.99. The Morgan fingerprint density at radius 3 is 2.55 bits per heavy atom. The maximum atomic E-state index is 13.6. The van der Waals surface area contributed by atoms with Crippen LogP contribution in [-0.4, -0.2) is 65.7 Å². The molecule has 218 valence electrons. The van der Waals surface area contributed by atoms with Gasteiger partial charge in [-0.25, -0.2) is 9.78 Å². The average molecular weight is 587 g/mol. The molecule has 10 nitrogen and oxygen atoms in total. The van der Waals surface area contributed by atoms with Gasteiger partial charge in [-0.1, -0.05) is 30.0 Å². The summed E-state index contributed by atoms with van der Waals surface area (Å²) in [7, 11) is 3.72. The number of thioether (sulfide) groups is 1. The first-order valence-corrected chi connectivity index (χ1v) is 15.0. The van der Waals surface area contributed by atoms with Gasteiger partial charge >= 0.3 is 6.03 Å². The topological polar surface area (TPSA) is 116 Å². The maximum absolute atomic E-state index is 13.6. The van der Waals surface area contributed by atoms with E-state index in [1.54, 1.807) is 11.1 Å². The second-order valence-corrected chi connectivity index (χ2v) is 12.4. The smallest absolute Gasteiger partial charge is 0.327 e. The van der Waals surface area contributed by atoms with E-state index < -0.39 is 11.3 Å². The highest BCUT2D eigenvalue weighted by atomic mass is 32.2. The second-order valence-electron chi connectivity index (χ2n) is 11.2. The number of amides is 4. The van der Waals surface area contributed by atoms with Crippen LogP contribution < -0.4 is 25.6 Å². The molecule has 3 heterocycles. The van der Waals surface area contributed by atoms with Gasteiger partial charge in [0.25, 0.3) is 0 Å². The van der Waals surface area contributed by atoms with Crippen LogP contribution in [0.2, 0.25) is 0 Å². The Hall–Kier alpha value is -4.09. The molecule has 3 aliphatic rings. The maximum Gasteiger partial charge on any atom is 0.327 e. The van der Waals surface area contributed by atoms with Crippen LogP contribution in [-0.2, 0) is 9.59 Å². The fraction of sp³-hybridized carbons (Fsp3) is 0.355. The van der Waals surface area contributed by atoms with Crippen molar-refractivity contribution >= 4 is 41.0 Å². The Morgan fingerprint density at radius 2 is 1.81 bits per heavy atom. The standard InChI is InChI=1S/C31H34N6O4S/c1-18-15-22(41-21-7-5-4-6-8-21)11-12-23(18)37-24-13-14-32-30-26(24)27(35-31(37)40)28(42-30)29(39)34-20-10-9-19(16-20)33-25(38)17-36(2)3/h4-8,11-15,19-20,27-28H,9-10,16-17H2,1-3H3,(H,33,38)(H,34,39)(H,35,40)/t19-,20+,27?,28?/m1/s1. The number of pyridine rings is 1. The molecule has 0 bridgehead atoms. The number of benzene rings is 2. The normalized spacial score (nSPS) is 22.5. The molecule has 4 atom stereocenters. The molecule has 0 spiro atoms. The van der Waals surface area contributed by atoms with Crippen molar-refractivity contribution in [2.75, 3.05) is 25.5 Å². The fourth-order valence-electron chi connectivity index (χ4n) is 5.92. The number of urea groups is 1. The molecular weight excluding hydrogens is 552 g/mol. The molecule has 2 aliphatic heterocycles. The van der Waals surface area contributed by atoms with E-state index in [1.165, 1.54) is 11.8 Å². The summed E-state index contributed by atoms with van der Waals surface area (Å²) in [5.74, 6) is 1.27. The molecule has 2 unspecified atom stereocenters. The molecule has 1 aliphatic carbocycles. The first-order chi connectivity index (χ1) is 20.3. The van der Waals surface area contributed by atoms with E-state index in [-0.39, 0.29) is 29.9 Å². The van der Waals surface area contributed by atoms with Gasteiger partial charge in [-0.05, 0) is 82.2 Å². The van der Waals surface area contributed by atoms with Crippen molar-refractivity contribution in [3.8, 4) is 11.5 Å². The van der Waals surface area contributed by atoms with Crippen LogP contribution in [0.5, 0.6) is 11.5 Å². The third-order valence-electron chi connectivity index (χ3n) is 7.76. The van der Waals surface area contributed by atoms with Crippen LogP contribution in [0.3, 0.4) is 0 Å². The number of anilines is 2. The SMILES string of the molecule is Cc1cc(Oc2ccccc2)ccc1N1C(=O)NC2c3c1ccnc3SC2C(=O)N[C@H]1CC[C@@H](NC(=O)CN(C)C)C1. The number of rotatable bonds is 8. The van der Waals surface area contributed by atoms with Crippen molar-refractivity contribution in [3.05, 3.63) is 71.9 Å². The number of para-hydroxylation sites is 1. The molecule has 3 N–H and O–H groups in total. The highest BCUT2D eigenvalue weighted by molar-refractivity contribution is 8.01. The van der Waals surface area contributed by atoms with Gasteiger partial charge in [-0.2, -0.15) is 0 Å². The lowest BCUT2D eigenvalue weighted by molar-refractivity contribution is -0.122. The third-order valence-corrected chi connectivity index (χ3v) is 9.05. The molecule has 4 amide bonds. The molecule has 11 heteroatoms. The molecule has 1 fully saturated rings. The van der Waals surface area contributed by atoms with Gasteiger partial charge in [0, 0.05) is 23.8 Å². The first kappa shape index (κ1) is 28.0. The van der Waals surface area contributed by atoms with E-state index in [4.69, 9.17) is 4.74 Å². The van der Waals surface area contributed by atoms with Gasteiger partial charge in [-0.3, -0.25) is 14.5 Å². The number of carbonyl (C=O) groups excluding carboxylic acids is 3. The molecule has 2 aromatic carbocycles. The Kier molecular flexibility index (Phi) is 7.78. The lowest BCUT2D eigenvalue weighted by Gasteiger charge is -2.35. The third kappa shape index (κ3) is 5.66. The summed E-state index contributed by atoms with van der Waals surface area (Å²) in [6, 6.07) is 16.2. The van der Waals surface area contributed by atoms with Crippen LogP contribution >= 0.6 is 11.8 Å². The van der Waals surface area contributed by atoms with Crippen molar-refractivity contribution in [1.29, 1.82) is 0 Å². The zero-order valence-electron chi connectivity index (χ0n) is 23.8. The Bertz CT molecular complexity index is 1520. The van der Waals surface area contributed by atoms with Gasteiger partial charge in [0.1, 0.15) is 21.8 Å². The minimum absolute atomic E-state index is 0.0135. The monoisotopic (exact) mass is 586 g/mol. The van der Waals surface area contributed by atoms with Gasteiger partial charge < -0.3 is 25.6 Å². The average Bonchev–Trinajstić information content (AvgIpc) is 3.54. The molecular formula is C31H34N6O4S. The number of nitrogens with one attached hydrogen (secondary N) is 3. The van der Waals surface area contributed by atoms with Gasteiger partial charge in [-0.15, -0.1) is 0 Å². The van der Waals surface area contributed by atoms with Crippen LogP contribution in [0.15, 0.2) is 65.8 Å². The number of nitrogens with zero attached hydrogens (tertiary/aromatic N) is 3. The summed E-state index contributed by atoms with van der Waals surface area (Å²) < 4.78 is 5.98. The van der Waals surface area contributed by atoms with Crippen LogP contribution in [0.25, 0.3) is 0 Å². The fourth-order valence-corrected chi connectivity index (χ4v) is 7.15. The summed E-state index contributed by atoms with van der Waals surface area (Å²) in [5.41, 5.74) is 3.18. The molecule has 0 radical (unpaired) electrons. The number of hydrogen-bond donors (Lipinski definition) is 3. The van der Waals surface area contributed by atoms with Crippen molar-refractivity contribution in [3.63, 3.8) is 0 Å². The van der Waals surface area contributed by atoms with E-state index in [0.29, 0.717) is 18.7 Å². The van der Waals surface area contributed by atoms with Crippen LogP contribution in [0, 0.1) is 6.92 Å². The summed E-state index contributed by atoms with van der Waals surface area (Å²) in [5, 5.41) is 9.52. The molecule has 6 rings (SSSR count). The molecule has 42 heavy (non-hydrogen) atoms. The van der Waals surface area contributed by atoms with Gasteiger partial charge in [0.2, 0.25) is 11.8 Å². The summed E-state index contributed by atoms with van der Waals surface area (Å²) in [6.07, 6.45) is 3.98. The van der Waals surface area contributed by atoms with E-state index >= 15 is 0 Å². The molecule has 1 saturated carbocycles. The van der Waals surface area contributed by atoms with Crippen molar-refractivity contribution in [2.24, 2.45) is 0 Å². The number of likely N-dealkylation sites (N-methyl/N-ethyl adjacent to an activating group) is 1. The molecule has 1 aromatic heterocycles. The number of hydrogen-bond acceptors (Lipinski definition) is 7. The quantitative estimate of drug-likeness (QED) is 0.361. The summed E-state index contributed by atoms with van der Waals surface area (Å²) >= 11 is 1.38. The summed E-state index contributed by atoms with van der Waals surface area (Å²) in [6.45, 7) is 2.28. The highest BCUT2D eigenvalue weighted by Gasteiger charge is 2.47. The van der Waals surface area contributed by atoms with Crippen molar-refractivity contribution in [1.82, 2.24) is 25.8 Å². The Balaban J connectivity index is 1.16. The lowest BCUT2D eigenvalue weighted by Crippen LogP contribution is -2.50. The Labute approximate surface area is 249 Å².